The summed E-state index contributed by atoms with van der Waals surface area (Å²) in [5.74, 6) is -0.152. The zero-order chi connectivity index (χ0) is 19.7. The molecule has 146 valence electrons. The predicted octanol–water partition coefficient (Wildman–Crippen LogP) is 3.22. The van der Waals surface area contributed by atoms with Gasteiger partial charge in [-0.1, -0.05) is 43.4 Å². The number of hydrogen-bond acceptors (Lipinski definition) is 5. The number of carbonyl (C=O) groups excluding carboxylic acids is 2. The number of anilines is 1. The minimum atomic E-state index is -0.692. The smallest absolute Gasteiger partial charge is 0.249 e. The zero-order valence-corrected chi connectivity index (χ0v) is 16.7. The number of fused-ring (bicyclic) bond motifs is 1. The Labute approximate surface area is 166 Å². The van der Waals surface area contributed by atoms with E-state index in [1.54, 1.807) is 0 Å². The van der Waals surface area contributed by atoms with Gasteiger partial charge in [0.2, 0.25) is 16.9 Å². The van der Waals surface area contributed by atoms with Crippen LogP contribution in [0.2, 0.25) is 0 Å². The molecule has 1 fully saturated rings. The first-order valence-electron chi connectivity index (χ1n) is 9.51. The second-order valence-electron chi connectivity index (χ2n) is 7.49. The number of H-pyrrole nitrogens is 1. The van der Waals surface area contributed by atoms with Crippen molar-refractivity contribution in [2.75, 3.05) is 5.32 Å². The number of benzene rings is 1. The first kappa shape index (κ1) is 18.6. The van der Waals surface area contributed by atoms with Crippen molar-refractivity contribution in [3.8, 4) is 0 Å². The van der Waals surface area contributed by atoms with E-state index < -0.39 is 6.04 Å². The van der Waals surface area contributed by atoms with Crippen LogP contribution >= 0.6 is 11.3 Å². The molecule has 1 saturated carbocycles. The summed E-state index contributed by atoms with van der Waals surface area (Å²) in [6.45, 7) is 3.62. The quantitative estimate of drug-likeness (QED) is 0.570. The molecule has 8 heteroatoms. The van der Waals surface area contributed by atoms with Crippen molar-refractivity contribution >= 4 is 39.2 Å². The Balaban J connectivity index is 1.53. The van der Waals surface area contributed by atoms with E-state index in [4.69, 9.17) is 0 Å². The van der Waals surface area contributed by atoms with E-state index >= 15 is 0 Å². The fourth-order valence-corrected chi connectivity index (χ4v) is 3.96. The molecule has 4 rings (SSSR count). The topological polar surface area (TPSA) is 99.8 Å². The monoisotopic (exact) mass is 397 g/mol. The molecule has 7 nitrogen and oxygen atoms in total. The minimum Gasteiger partial charge on any atom is -0.361 e. The van der Waals surface area contributed by atoms with Gasteiger partial charge in [0.1, 0.15) is 11.0 Å². The Morgan fingerprint density at radius 1 is 1.21 bits per heavy atom. The van der Waals surface area contributed by atoms with Gasteiger partial charge >= 0.3 is 0 Å². The number of carbonyl (C=O) groups is 2. The largest absolute Gasteiger partial charge is 0.361 e. The standard InChI is InChI=1S/C20H23N5O2S/c1-11(2)17(26)22-16(9-13-10-21-15-6-4-3-5-14(13)15)18(27)23-20-25-24-19(28-20)12-7-8-12/h3-6,10-12,16,21H,7-9H2,1-2H3,(H,22,26)(H,23,25,27). The molecular weight excluding hydrogens is 374 g/mol. The highest BCUT2D eigenvalue weighted by Gasteiger charge is 2.29. The molecule has 1 atom stereocenters. The van der Waals surface area contributed by atoms with Crippen molar-refractivity contribution in [1.82, 2.24) is 20.5 Å². The molecule has 2 aromatic heterocycles. The zero-order valence-electron chi connectivity index (χ0n) is 15.9. The molecule has 3 N–H and O–H groups in total. The molecule has 0 aliphatic heterocycles. The molecular formula is C20H23N5O2S. The Morgan fingerprint density at radius 3 is 2.75 bits per heavy atom. The van der Waals surface area contributed by atoms with E-state index in [-0.39, 0.29) is 17.7 Å². The van der Waals surface area contributed by atoms with Gasteiger partial charge in [-0.15, -0.1) is 10.2 Å². The van der Waals surface area contributed by atoms with Gasteiger partial charge in [0.05, 0.1) is 0 Å². The lowest BCUT2D eigenvalue weighted by Crippen LogP contribution is -2.46. The maximum atomic E-state index is 12.9. The molecule has 0 radical (unpaired) electrons. The van der Waals surface area contributed by atoms with Gasteiger partial charge < -0.3 is 10.3 Å². The van der Waals surface area contributed by atoms with E-state index in [9.17, 15) is 9.59 Å². The first-order valence-corrected chi connectivity index (χ1v) is 10.3. The van der Waals surface area contributed by atoms with Crippen LogP contribution in [0.3, 0.4) is 0 Å². The number of hydrogen-bond donors (Lipinski definition) is 3. The Bertz CT molecular complexity index is 1000. The maximum absolute atomic E-state index is 12.9. The molecule has 2 amide bonds. The molecule has 2 heterocycles. The summed E-state index contributed by atoms with van der Waals surface area (Å²) in [4.78, 5) is 28.4. The van der Waals surface area contributed by atoms with Crippen molar-refractivity contribution < 1.29 is 9.59 Å². The summed E-state index contributed by atoms with van der Waals surface area (Å²) >= 11 is 1.41. The van der Waals surface area contributed by atoms with Crippen LogP contribution in [-0.2, 0) is 16.0 Å². The molecule has 1 aliphatic carbocycles. The van der Waals surface area contributed by atoms with Crippen molar-refractivity contribution in [3.63, 3.8) is 0 Å². The predicted molar refractivity (Wildman–Crippen MR) is 109 cm³/mol. The SMILES string of the molecule is CC(C)C(=O)NC(Cc1c[nH]c2ccccc12)C(=O)Nc1nnc(C2CC2)s1. The van der Waals surface area contributed by atoms with E-state index in [0.29, 0.717) is 17.5 Å². The van der Waals surface area contributed by atoms with Gasteiger partial charge in [0, 0.05) is 35.4 Å². The van der Waals surface area contributed by atoms with Crippen LogP contribution in [0.1, 0.15) is 43.2 Å². The van der Waals surface area contributed by atoms with Gasteiger partial charge in [0.25, 0.3) is 0 Å². The lowest BCUT2D eigenvalue weighted by Gasteiger charge is -2.18. The Kier molecular flexibility index (Phi) is 5.13. The molecule has 0 bridgehead atoms. The molecule has 0 spiro atoms. The number of nitrogens with zero attached hydrogens (tertiary/aromatic N) is 2. The number of para-hydroxylation sites is 1. The normalized spacial score (nSPS) is 15.0. The van der Waals surface area contributed by atoms with Gasteiger partial charge in [0.15, 0.2) is 0 Å². The summed E-state index contributed by atoms with van der Waals surface area (Å²) in [6, 6.07) is 7.22. The highest BCUT2D eigenvalue weighted by molar-refractivity contribution is 7.15. The van der Waals surface area contributed by atoms with Crippen molar-refractivity contribution in [2.45, 2.75) is 45.1 Å². The van der Waals surface area contributed by atoms with Crippen molar-refractivity contribution in [1.29, 1.82) is 0 Å². The number of amides is 2. The highest BCUT2D eigenvalue weighted by atomic mass is 32.1. The number of rotatable bonds is 7. The number of nitrogens with one attached hydrogen (secondary N) is 3. The van der Waals surface area contributed by atoms with Gasteiger partial charge in [-0.25, -0.2) is 0 Å². The van der Waals surface area contributed by atoms with Crippen LogP contribution in [-0.4, -0.2) is 33.0 Å². The third-order valence-electron chi connectivity index (χ3n) is 4.85. The summed E-state index contributed by atoms with van der Waals surface area (Å²) < 4.78 is 0. The summed E-state index contributed by atoms with van der Waals surface area (Å²) in [5, 5.41) is 16.4. The van der Waals surface area contributed by atoms with Crippen LogP contribution < -0.4 is 10.6 Å². The van der Waals surface area contributed by atoms with Crippen LogP contribution in [0, 0.1) is 5.92 Å². The number of aromatic nitrogens is 3. The molecule has 3 aromatic rings. The van der Waals surface area contributed by atoms with E-state index in [0.717, 1.165) is 34.3 Å². The third kappa shape index (κ3) is 4.06. The third-order valence-corrected chi connectivity index (χ3v) is 5.85. The van der Waals surface area contributed by atoms with Crippen LogP contribution in [0.4, 0.5) is 5.13 Å². The van der Waals surface area contributed by atoms with E-state index in [1.165, 1.54) is 11.3 Å². The van der Waals surface area contributed by atoms with Crippen molar-refractivity contribution in [2.24, 2.45) is 5.92 Å². The fourth-order valence-electron chi connectivity index (χ4n) is 3.04. The average Bonchev–Trinajstić information content (AvgIpc) is 3.30. The fraction of sp³-hybridized carbons (Fsp3) is 0.400. The Morgan fingerprint density at radius 2 is 2.00 bits per heavy atom. The second kappa shape index (κ2) is 7.71. The summed E-state index contributed by atoms with van der Waals surface area (Å²) in [5.41, 5.74) is 1.99. The highest BCUT2D eigenvalue weighted by Crippen LogP contribution is 2.42. The lowest BCUT2D eigenvalue weighted by atomic mass is 10.0. The van der Waals surface area contributed by atoms with Crippen LogP contribution in [0.5, 0.6) is 0 Å². The Hall–Kier alpha value is -2.74. The average molecular weight is 398 g/mol. The minimum absolute atomic E-state index is 0.157. The molecule has 0 saturated heterocycles. The van der Waals surface area contributed by atoms with Gasteiger partial charge in [-0.3, -0.25) is 14.9 Å². The second-order valence-corrected chi connectivity index (χ2v) is 8.50. The first-order chi connectivity index (χ1) is 13.5. The summed E-state index contributed by atoms with van der Waals surface area (Å²) in [7, 11) is 0. The molecule has 1 unspecified atom stereocenters. The van der Waals surface area contributed by atoms with E-state index in [1.807, 2.05) is 44.3 Å². The lowest BCUT2D eigenvalue weighted by molar-refractivity contribution is -0.128. The molecule has 1 aromatic carbocycles. The number of aromatic amines is 1. The molecule has 1 aliphatic rings. The maximum Gasteiger partial charge on any atom is 0.249 e. The van der Waals surface area contributed by atoms with Crippen LogP contribution in [0.15, 0.2) is 30.5 Å². The van der Waals surface area contributed by atoms with Crippen LogP contribution in [0.25, 0.3) is 10.9 Å². The summed E-state index contributed by atoms with van der Waals surface area (Å²) in [6.07, 6.45) is 4.55. The van der Waals surface area contributed by atoms with Gasteiger partial charge in [-0.2, -0.15) is 0 Å². The van der Waals surface area contributed by atoms with E-state index in [2.05, 4.69) is 25.8 Å². The van der Waals surface area contributed by atoms with Gasteiger partial charge in [-0.05, 0) is 24.5 Å². The molecule has 28 heavy (non-hydrogen) atoms. The van der Waals surface area contributed by atoms with Crippen molar-refractivity contribution in [3.05, 3.63) is 41.0 Å².